The highest BCUT2D eigenvalue weighted by atomic mass is 32.9. The summed E-state index contributed by atoms with van der Waals surface area (Å²) >= 11 is 7.09. The SMILES string of the molecule is C=CCN=CNP(=S)(OCCC)SCC. The lowest BCUT2D eigenvalue weighted by atomic mass is 10.5. The number of hydrogen-bond acceptors (Lipinski definition) is 4. The van der Waals surface area contributed by atoms with Crippen molar-refractivity contribution in [1.82, 2.24) is 5.09 Å². The Morgan fingerprint density at radius 1 is 1.60 bits per heavy atom. The van der Waals surface area contributed by atoms with Gasteiger partial charge in [0.05, 0.1) is 19.5 Å². The van der Waals surface area contributed by atoms with E-state index in [-0.39, 0.29) is 0 Å². The molecule has 0 aromatic rings. The van der Waals surface area contributed by atoms with E-state index in [0.29, 0.717) is 13.2 Å². The average Bonchev–Trinajstić information content (AvgIpc) is 2.22. The van der Waals surface area contributed by atoms with Crippen LogP contribution in [0.4, 0.5) is 0 Å². The second kappa shape index (κ2) is 9.40. The van der Waals surface area contributed by atoms with E-state index in [2.05, 4.69) is 30.5 Å². The van der Waals surface area contributed by atoms with E-state index in [1.54, 1.807) is 23.8 Å². The van der Waals surface area contributed by atoms with Gasteiger partial charge in [0.2, 0.25) is 5.62 Å². The normalized spacial score (nSPS) is 15.1. The summed E-state index contributed by atoms with van der Waals surface area (Å²) in [6.07, 6.45) is 4.36. The van der Waals surface area contributed by atoms with Crippen LogP contribution >= 0.6 is 17.0 Å². The maximum Gasteiger partial charge on any atom is 0.211 e. The van der Waals surface area contributed by atoms with Crippen LogP contribution in [-0.2, 0) is 16.3 Å². The molecule has 0 saturated heterocycles. The Bertz CT molecular complexity index is 246. The predicted molar refractivity (Wildman–Crippen MR) is 75.4 cm³/mol. The highest BCUT2D eigenvalue weighted by Crippen LogP contribution is 2.55. The van der Waals surface area contributed by atoms with Gasteiger partial charge in [0.15, 0.2) is 0 Å². The molecule has 0 saturated carbocycles. The molecule has 0 aliphatic carbocycles. The van der Waals surface area contributed by atoms with Crippen LogP contribution in [0.25, 0.3) is 0 Å². The highest BCUT2D eigenvalue weighted by molar-refractivity contribution is 8.68. The summed E-state index contributed by atoms with van der Waals surface area (Å²) in [6, 6.07) is 0. The monoisotopic (exact) mass is 266 g/mol. The number of rotatable bonds is 9. The van der Waals surface area contributed by atoms with E-state index in [1.165, 1.54) is 0 Å². The zero-order chi connectivity index (χ0) is 11.6. The molecule has 0 aromatic carbocycles. The van der Waals surface area contributed by atoms with Crippen molar-refractivity contribution >= 4 is 35.1 Å². The third-order valence-corrected chi connectivity index (χ3v) is 6.87. The summed E-state index contributed by atoms with van der Waals surface area (Å²) in [5.74, 6) is 0.948. The van der Waals surface area contributed by atoms with Crippen molar-refractivity contribution in [2.45, 2.75) is 20.3 Å². The molecule has 0 fully saturated rings. The maximum atomic E-state index is 5.66. The van der Waals surface area contributed by atoms with Gasteiger partial charge in [-0.15, -0.1) is 6.58 Å². The summed E-state index contributed by atoms with van der Waals surface area (Å²) in [5, 5.41) is 3.09. The minimum atomic E-state index is -1.96. The van der Waals surface area contributed by atoms with Crippen molar-refractivity contribution < 1.29 is 4.52 Å². The minimum Gasteiger partial charge on any atom is -0.326 e. The first-order valence-corrected chi connectivity index (χ1v) is 9.25. The molecule has 1 N–H and O–H groups in total. The number of nitrogens with zero attached hydrogens (tertiary/aromatic N) is 1. The molecule has 0 rings (SSSR count). The zero-order valence-corrected chi connectivity index (χ0v) is 11.8. The van der Waals surface area contributed by atoms with Crippen molar-refractivity contribution in [1.29, 1.82) is 0 Å². The van der Waals surface area contributed by atoms with E-state index in [0.717, 1.165) is 12.2 Å². The van der Waals surface area contributed by atoms with Crippen molar-refractivity contribution in [3.8, 4) is 0 Å². The van der Waals surface area contributed by atoms with Crippen LogP contribution in [0.1, 0.15) is 20.3 Å². The Hall–Kier alpha value is 0.170. The topological polar surface area (TPSA) is 33.6 Å². The van der Waals surface area contributed by atoms with E-state index in [1.807, 2.05) is 0 Å². The average molecular weight is 266 g/mol. The first kappa shape index (κ1) is 15.2. The Balaban J connectivity index is 4.11. The van der Waals surface area contributed by atoms with Gasteiger partial charge >= 0.3 is 0 Å². The van der Waals surface area contributed by atoms with Gasteiger partial charge in [-0.2, -0.15) is 0 Å². The molecular weight excluding hydrogens is 247 g/mol. The molecule has 6 heteroatoms. The fraction of sp³-hybridized carbons (Fsp3) is 0.667. The molecule has 0 aliphatic heterocycles. The van der Waals surface area contributed by atoms with E-state index in [4.69, 9.17) is 16.3 Å². The van der Waals surface area contributed by atoms with Gasteiger partial charge in [0, 0.05) is 0 Å². The third-order valence-electron chi connectivity index (χ3n) is 1.31. The molecule has 0 aromatic heterocycles. The molecule has 0 amide bonds. The summed E-state index contributed by atoms with van der Waals surface area (Å²) in [7, 11) is 0. The number of hydrogen-bond donors (Lipinski definition) is 1. The lowest BCUT2D eigenvalue weighted by molar-refractivity contribution is 0.356. The molecule has 0 bridgehead atoms. The van der Waals surface area contributed by atoms with Gasteiger partial charge in [-0.3, -0.25) is 4.99 Å². The molecule has 0 spiro atoms. The van der Waals surface area contributed by atoms with Gasteiger partial charge in [0.25, 0.3) is 0 Å². The predicted octanol–water partition coefficient (Wildman–Crippen LogP) is 3.19. The molecule has 1 unspecified atom stereocenters. The summed E-state index contributed by atoms with van der Waals surface area (Å²) in [5.41, 5.74) is -1.96. The van der Waals surface area contributed by atoms with E-state index >= 15 is 0 Å². The Morgan fingerprint density at radius 2 is 2.33 bits per heavy atom. The molecule has 0 heterocycles. The molecule has 1 atom stereocenters. The summed E-state index contributed by atoms with van der Waals surface area (Å²) in [6.45, 7) is 9.04. The Morgan fingerprint density at radius 3 is 2.87 bits per heavy atom. The first-order valence-electron chi connectivity index (χ1n) is 4.94. The highest BCUT2D eigenvalue weighted by Gasteiger charge is 2.15. The molecule has 15 heavy (non-hydrogen) atoms. The van der Waals surface area contributed by atoms with E-state index < -0.39 is 5.62 Å². The zero-order valence-electron chi connectivity index (χ0n) is 9.31. The first-order chi connectivity index (χ1) is 7.18. The van der Waals surface area contributed by atoms with Crippen LogP contribution in [0.5, 0.6) is 0 Å². The van der Waals surface area contributed by atoms with Crippen LogP contribution in [0.3, 0.4) is 0 Å². The van der Waals surface area contributed by atoms with Gasteiger partial charge < -0.3 is 9.61 Å². The van der Waals surface area contributed by atoms with Gasteiger partial charge in [-0.25, -0.2) is 0 Å². The lowest BCUT2D eigenvalue weighted by Crippen LogP contribution is -2.08. The van der Waals surface area contributed by atoms with Crippen molar-refractivity contribution in [2.24, 2.45) is 4.99 Å². The number of nitrogens with one attached hydrogen (secondary N) is 1. The second-order valence-corrected chi connectivity index (χ2v) is 9.56. The van der Waals surface area contributed by atoms with Crippen molar-refractivity contribution in [3.63, 3.8) is 0 Å². The van der Waals surface area contributed by atoms with Crippen LogP contribution in [0.2, 0.25) is 0 Å². The lowest BCUT2D eigenvalue weighted by Gasteiger charge is -2.20. The van der Waals surface area contributed by atoms with Crippen LogP contribution < -0.4 is 5.09 Å². The van der Waals surface area contributed by atoms with Crippen LogP contribution in [0.15, 0.2) is 17.6 Å². The molecule has 0 radical (unpaired) electrons. The second-order valence-electron chi connectivity index (χ2n) is 2.66. The van der Waals surface area contributed by atoms with Gasteiger partial charge in [-0.05, 0) is 24.0 Å². The van der Waals surface area contributed by atoms with Crippen LogP contribution in [-0.4, -0.2) is 25.2 Å². The Labute approximate surface area is 102 Å². The van der Waals surface area contributed by atoms with Crippen LogP contribution in [0, 0.1) is 0 Å². The van der Waals surface area contributed by atoms with E-state index in [9.17, 15) is 0 Å². The molecular formula is C9H19N2OPS2. The quantitative estimate of drug-likeness (QED) is 0.301. The van der Waals surface area contributed by atoms with Gasteiger partial charge in [-0.1, -0.05) is 31.3 Å². The Kier molecular flexibility index (Phi) is 9.51. The standard InChI is InChI=1S/C9H19N2OPS2/c1-4-7-10-9-11-13(14,15-6-3)12-8-5-2/h4,9H,1,5-8H2,2-3H3,(H,10,11,14). The smallest absolute Gasteiger partial charge is 0.211 e. The fourth-order valence-corrected chi connectivity index (χ4v) is 5.09. The molecule has 88 valence electrons. The molecule has 0 aliphatic rings. The van der Waals surface area contributed by atoms with Crippen molar-refractivity contribution in [2.75, 3.05) is 18.9 Å². The minimum absolute atomic E-state index is 0.604. The summed E-state index contributed by atoms with van der Waals surface area (Å²) < 4.78 is 5.66. The largest absolute Gasteiger partial charge is 0.326 e. The van der Waals surface area contributed by atoms with Gasteiger partial charge in [0.1, 0.15) is 0 Å². The maximum absolute atomic E-state index is 5.66. The summed E-state index contributed by atoms with van der Waals surface area (Å²) in [4.78, 5) is 4.08. The van der Waals surface area contributed by atoms with Crippen molar-refractivity contribution in [3.05, 3.63) is 12.7 Å². The number of aliphatic imine (C=N–C) groups is 1. The third kappa shape index (κ3) is 8.03. The molecule has 3 nitrogen and oxygen atoms in total. The fourth-order valence-electron chi connectivity index (χ4n) is 0.732.